The number of carbonyl (C=O) groups excluding carboxylic acids is 1. The zero-order chi connectivity index (χ0) is 12.3. The minimum absolute atomic E-state index is 0.0688. The molecule has 0 aliphatic heterocycles. The molecule has 1 aromatic rings. The summed E-state index contributed by atoms with van der Waals surface area (Å²) < 4.78 is 0. The van der Waals surface area contributed by atoms with Crippen molar-refractivity contribution in [2.75, 3.05) is 6.54 Å². The summed E-state index contributed by atoms with van der Waals surface area (Å²) in [7, 11) is 0. The van der Waals surface area contributed by atoms with Crippen LogP contribution in [0.2, 0.25) is 0 Å². The molecule has 1 heterocycles. The van der Waals surface area contributed by atoms with Crippen molar-refractivity contribution >= 4 is 17.2 Å². The van der Waals surface area contributed by atoms with E-state index in [2.05, 4.69) is 17.2 Å². The van der Waals surface area contributed by atoms with E-state index in [0.717, 1.165) is 18.0 Å². The number of nitrogens with zero attached hydrogens (tertiary/aromatic N) is 1. The van der Waals surface area contributed by atoms with Crippen LogP contribution in [-0.2, 0) is 6.54 Å². The fraction of sp³-hybridized carbons (Fsp3) is 0.667. The molecule has 1 aliphatic carbocycles. The first-order chi connectivity index (χ1) is 8.19. The van der Waals surface area contributed by atoms with Gasteiger partial charge in [0.1, 0.15) is 10.7 Å². The van der Waals surface area contributed by atoms with Crippen LogP contribution < -0.4 is 11.1 Å². The van der Waals surface area contributed by atoms with Crippen LogP contribution in [0.1, 0.15) is 48.1 Å². The third-order valence-corrected chi connectivity index (χ3v) is 4.62. The predicted molar refractivity (Wildman–Crippen MR) is 68.9 cm³/mol. The van der Waals surface area contributed by atoms with E-state index >= 15 is 0 Å². The van der Waals surface area contributed by atoms with E-state index in [4.69, 9.17) is 5.73 Å². The van der Waals surface area contributed by atoms with Crippen LogP contribution in [-0.4, -0.2) is 17.4 Å². The van der Waals surface area contributed by atoms with Crippen molar-refractivity contribution in [3.63, 3.8) is 0 Å². The molecule has 1 amide bonds. The Kier molecular flexibility index (Phi) is 3.79. The molecule has 1 saturated carbocycles. The molecule has 0 atom stereocenters. The Morgan fingerprint density at radius 3 is 2.88 bits per heavy atom. The highest BCUT2D eigenvalue weighted by Crippen LogP contribution is 2.43. The summed E-state index contributed by atoms with van der Waals surface area (Å²) in [4.78, 5) is 16.0. The van der Waals surface area contributed by atoms with E-state index in [-0.39, 0.29) is 5.91 Å². The molecule has 1 aromatic heterocycles. The smallest absolute Gasteiger partial charge is 0.270 e. The predicted octanol–water partition coefficient (Wildman–Crippen LogP) is 1.91. The molecule has 3 N–H and O–H groups in total. The normalized spacial score (nSPS) is 17.5. The average molecular weight is 253 g/mol. The third kappa shape index (κ3) is 2.66. The van der Waals surface area contributed by atoms with Crippen molar-refractivity contribution in [2.24, 2.45) is 11.1 Å². The number of rotatable bonds is 5. The zero-order valence-electron chi connectivity index (χ0n) is 10.2. The van der Waals surface area contributed by atoms with Gasteiger partial charge in [-0.05, 0) is 24.7 Å². The van der Waals surface area contributed by atoms with E-state index in [9.17, 15) is 4.79 Å². The number of amides is 1. The van der Waals surface area contributed by atoms with Gasteiger partial charge in [-0.2, -0.15) is 0 Å². The van der Waals surface area contributed by atoms with E-state index < -0.39 is 0 Å². The summed E-state index contributed by atoms with van der Waals surface area (Å²) in [5.74, 6) is -0.0688. The fourth-order valence-electron chi connectivity index (χ4n) is 2.20. The summed E-state index contributed by atoms with van der Waals surface area (Å²) in [5.41, 5.74) is 6.33. The molecule has 0 bridgehead atoms. The number of aromatic nitrogens is 1. The second-order valence-electron chi connectivity index (χ2n) is 4.72. The highest BCUT2D eigenvalue weighted by Gasteiger charge is 2.35. The summed E-state index contributed by atoms with van der Waals surface area (Å²) in [6.45, 7) is 3.37. The number of nitrogens with two attached hydrogens (primary N) is 1. The van der Waals surface area contributed by atoms with Gasteiger partial charge in [0.05, 0.1) is 0 Å². The van der Waals surface area contributed by atoms with E-state index in [0.29, 0.717) is 17.7 Å². The first kappa shape index (κ1) is 12.5. The summed E-state index contributed by atoms with van der Waals surface area (Å²) in [5, 5.41) is 5.58. The van der Waals surface area contributed by atoms with Gasteiger partial charge in [-0.15, -0.1) is 11.3 Å². The lowest BCUT2D eigenvalue weighted by atomic mass is 9.67. The van der Waals surface area contributed by atoms with Crippen LogP contribution in [0.5, 0.6) is 0 Å². The van der Waals surface area contributed by atoms with Crippen molar-refractivity contribution in [3.8, 4) is 0 Å². The van der Waals surface area contributed by atoms with Gasteiger partial charge in [0, 0.05) is 18.5 Å². The minimum atomic E-state index is -0.0688. The molecule has 0 unspecified atom stereocenters. The SMILES string of the molecule is CCC1(CNC(=O)c2csc(CN)n2)CCC1. The lowest BCUT2D eigenvalue weighted by Gasteiger charge is -2.41. The molecule has 1 fully saturated rings. The van der Waals surface area contributed by atoms with Gasteiger partial charge in [-0.1, -0.05) is 13.3 Å². The quantitative estimate of drug-likeness (QED) is 0.842. The number of hydrogen-bond acceptors (Lipinski definition) is 4. The maximum Gasteiger partial charge on any atom is 0.270 e. The van der Waals surface area contributed by atoms with Gasteiger partial charge in [-0.25, -0.2) is 4.98 Å². The van der Waals surface area contributed by atoms with Crippen LogP contribution in [0, 0.1) is 5.41 Å². The van der Waals surface area contributed by atoms with Crippen molar-refractivity contribution in [1.82, 2.24) is 10.3 Å². The van der Waals surface area contributed by atoms with E-state index in [1.54, 1.807) is 5.38 Å². The third-order valence-electron chi connectivity index (χ3n) is 3.75. The highest BCUT2D eigenvalue weighted by molar-refractivity contribution is 7.09. The van der Waals surface area contributed by atoms with Gasteiger partial charge >= 0.3 is 0 Å². The van der Waals surface area contributed by atoms with Gasteiger partial charge < -0.3 is 11.1 Å². The Balaban J connectivity index is 1.88. The van der Waals surface area contributed by atoms with Gasteiger partial charge in [0.15, 0.2) is 0 Å². The molecule has 94 valence electrons. The second kappa shape index (κ2) is 5.14. The Hall–Kier alpha value is -0.940. The molecule has 0 aromatic carbocycles. The zero-order valence-corrected chi connectivity index (χ0v) is 11.0. The maximum absolute atomic E-state index is 11.9. The Bertz CT molecular complexity index is 393. The Morgan fingerprint density at radius 2 is 2.41 bits per heavy atom. The van der Waals surface area contributed by atoms with Crippen LogP contribution in [0.25, 0.3) is 0 Å². The van der Waals surface area contributed by atoms with Crippen molar-refractivity contribution in [1.29, 1.82) is 0 Å². The molecule has 0 saturated heterocycles. The molecule has 5 heteroatoms. The molecular formula is C12H19N3OS. The van der Waals surface area contributed by atoms with Gasteiger partial charge in [-0.3, -0.25) is 4.79 Å². The highest BCUT2D eigenvalue weighted by atomic mass is 32.1. The largest absolute Gasteiger partial charge is 0.350 e. The molecule has 0 radical (unpaired) electrons. The summed E-state index contributed by atoms with van der Waals surface area (Å²) in [6, 6.07) is 0. The van der Waals surface area contributed by atoms with Crippen molar-refractivity contribution in [3.05, 3.63) is 16.1 Å². The van der Waals surface area contributed by atoms with Crippen molar-refractivity contribution in [2.45, 2.75) is 39.2 Å². The lowest BCUT2D eigenvalue weighted by molar-refractivity contribution is 0.0846. The summed E-state index contributed by atoms with van der Waals surface area (Å²) in [6.07, 6.45) is 4.89. The molecule has 1 aliphatic rings. The van der Waals surface area contributed by atoms with Crippen LogP contribution >= 0.6 is 11.3 Å². The maximum atomic E-state index is 11.9. The van der Waals surface area contributed by atoms with Crippen LogP contribution in [0.4, 0.5) is 0 Å². The van der Waals surface area contributed by atoms with Gasteiger partial charge in [0.25, 0.3) is 5.91 Å². The first-order valence-electron chi connectivity index (χ1n) is 6.12. The second-order valence-corrected chi connectivity index (χ2v) is 5.66. The molecule has 4 nitrogen and oxygen atoms in total. The molecule has 2 rings (SSSR count). The van der Waals surface area contributed by atoms with Crippen LogP contribution in [0.3, 0.4) is 0 Å². The molecule has 0 spiro atoms. The lowest BCUT2D eigenvalue weighted by Crippen LogP contribution is -2.41. The fourth-order valence-corrected chi connectivity index (χ4v) is 2.85. The Labute approximate surface area is 106 Å². The van der Waals surface area contributed by atoms with E-state index in [1.165, 1.54) is 30.6 Å². The number of nitrogens with one attached hydrogen (secondary N) is 1. The van der Waals surface area contributed by atoms with E-state index in [1.807, 2.05) is 0 Å². The average Bonchev–Trinajstić information content (AvgIpc) is 2.76. The summed E-state index contributed by atoms with van der Waals surface area (Å²) >= 11 is 1.44. The number of carbonyl (C=O) groups is 1. The minimum Gasteiger partial charge on any atom is -0.350 e. The number of hydrogen-bond donors (Lipinski definition) is 2. The van der Waals surface area contributed by atoms with Gasteiger partial charge in [0.2, 0.25) is 0 Å². The van der Waals surface area contributed by atoms with Crippen molar-refractivity contribution < 1.29 is 4.79 Å². The number of thiazole rings is 1. The molecular weight excluding hydrogens is 234 g/mol. The topological polar surface area (TPSA) is 68.0 Å². The standard InChI is InChI=1S/C12H19N3OS/c1-2-12(4-3-5-12)8-14-11(16)9-7-17-10(6-13)15-9/h7H,2-6,8,13H2,1H3,(H,14,16). The first-order valence-corrected chi connectivity index (χ1v) is 7.00. The van der Waals surface area contributed by atoms with Crippen LogP contribution in [0.15, 0.2) is 5.38 Å². The Morgan fingerprint density at radius 1 is 1.65 bits per heavy atom. The monoisotopic (exact) mass is 253 g/mol. The molecule has 17 heavy (non-hydrogen) atoms.